The van der Waals surface area contributed by atoms with Crippen molar-refractivity contribution < 1.29 is 24.2 Å². The summed E-state index contributed by atoms with van der Waals surface area (Å²) in [6.07, 6.45) is 2.33. The summed E-state index contributed by atoms with van der Waals surface area (Å²) in [7, 11) is 2.99. The van der Waals surface area contributed by atoms with Gasteiger partial charge in [0.2, 0.25) is 11.8 Å². The molecule has 2 amide bonds. The molecular formula is C11H18N2O5. The maximum Gasteiger partial charge on any atom is 0.328 e. The molecule has 0 aliphatic carbocycles. The van der Waals surface area contributed by atoms with E-state index in [2.05, 4.69) is 5.32 Å². The van der Waals surface area contributed by atoms with Gasteiger partial charge in [0.05, 0.1) is 6.54 Å². The number of carboxylic acid groups (broad SMARTS) is 1. The average Bonchev–Trinajstić information content (AvgIpc) is 2.31. The van der Waals surface area contributed by atoms with Crippen LogP contribution in [0.25, 0.3) is 0 Å². The summed E-state index contributed by atoms with van der Waals surface area (Å²) >= 11 is 0. The Morgan fingerprint density at radius 3 is 2.56 bits per heavy atom. The Hall–Kier alpha value is -1.89. The lowest BCUT2D eigenvalue weighted by Crippen LogP contribution is -2.38. The van der Waals surface area contributed by atoms with Crippen LogP contribution in [0.1, 0.15) is 6.42 Å². The molecule has 0 aliphatic rings. The highest BCUT2D eigenvalue weighted by molar-refractivity contribution is 5.95. The Morgan fingerprint density at radius 2 is 2.00 bits per heavy atom. The normalized spacial score (nSPS) is 10.3. The molecule has 102 valence electrons. The molecule has 0 spiro atoms. The molecule has 18 heavy (non-hydrogen) atoms. The van der Waals surface area contributed by atoms with Crippen molar-refractivity contribution >= 4 is 17.8 Å². The van der Waals surface area contributed by atoms with Gasteiger partial charge in [-0.1, -0.05) is 0 Å². The Labute approximate surface area is 105 Å². The first-order valence-corrected chi connectivity index (χ1v) is 5.39. The third-order valence-electron chi connectivity index (χ3n) is 1.97. The Balaban J connectivity index is 3.92. The van der Waals surface area contributed by atoms with Crippen molar-refractivity contribution in [3.63, 3.8) is 0 Å². The highest BCUT2D eigenvalue weighted by Gasteiger charge is 2.10. The van der Waals surface area contributed by atoms with E-state index in [0.717, 1.165) is 17.1 Å². The number of hydrogen-bond acceptors (Lipinski definition) is 4. The predicted octanol–water partition coefficient (Wildman–Crippen LogP) is -0.762. The Morgan fingerprint density at radius 1 is 1.33 bits per heavy atom. The van der Waals surface area contributed by atoms with Gasteiger partial charge in [-0.05, 0) is 6.42 Å². The van der Waals surface area contributed by atoms with Crippen LogP contribution in [0.4, 0.5) is 0 Å². The van der Waals surface area contributed by atoms with E-state index in [1.807, 2.05) is 0 Å². The van der Waals surface area contributed by atoms with Crippen LogP contribution in [0.3, 0.4) is 0 Å². The number of ether oxygens (including phenoxy) is 1. The van der Waals surface area contributed by atoms with Gasteiger partial charge in [0.25, 0.3) is 0 Å². The van der Waals surface area contributed by atoms with Crippen LogP contribution in [0.5, 0.6) is 0 Å². The van der Waals surface area contributed by atoms with Gasteiger partial charge in [0.15, 0.2) is 0 Å². The summed E-state index contributed by atoms with van der Waals surface area (Å²) < 4.78 is 4.82. The molecule has 0 unspecified atom stereocenters. The number of likely N-dealkylation sites (N-methyl/N-ethyl adjacent to an activating group) is 1. The van der Waals surface area contributed by atoms with E-state index in [0.29, 0.717) is 19.6 Å². The van der Waals surface area contributed by atoms with Crippen LogP contribution >= 0.6 is 0 Å². The number of amides is 2. The molecule has 0 aromatic rings. The highest BCUT2D eigenvalue weighted by atomic mass is 16.5. The third kappa shape index (κ3) is 8.28. The van der Waals surface area contributed by atoms with Crippen LogP contribution in [0.15, 0.2) is 12.2 Å². The summed E-state index contributed by atoms with van der Waals surface area (Å²) in [6.45, 7) is 0.909. The van der Waals surface area contributed by atoms with Crippen molar-refractivity contribution in [2.45, 2.75) is 6.42 Å². The number of carboxylic acids is 1. The van der Waals surface area contributed by atoms with Crippen molar-refractivity contribution in [3.8, 4) is 0 Å². The van der Waals surface area contributed by atoms with E-state index >= 15 is 0 Å². The first-order valence-electron chi connectivity index (χ1n) is 5.39. The number of nitrogens with zero attached hydrogens (tertiary/aromatic N) is 1. The van der Waals surface area contributed by atoms with Gasteiger partial charge < -0.3 is 20.1 Å². The fraction of sp³-hybridized carbons (Fsp3) is 0.545. The van der Waals surface area contributed by atoms with E-state index in [9.17, 15) is 14.4 Å². The van der Waals surface area contributed by atoms with Crippen LogP contribution in [-0.4, -0.2) is 61.6 Å². The molecule has 0 bridgehead atoms. The van der Waals surface area contributed by atoms with Crippen LogP contribution < -0.4 is 5.32 Å². The smallest absolute Gasteiger partial charge is 0.328 e. The van der Waals surface area contributed by atoms with E-state index in [4.69, 9.17) is 9.84 Å². The first-order chi connectivity index (χ1) is 8.47. The summed E-state index contributed by atoms with van der Waals surface area (Å²) in [5.41, 5.74) is 0. The minimum atomic E-state index is -1.21. The number of carbonyl (C=O) groups excluding carboxylic acids is 2. The van der Waals surface area contributed by atoms with E-state index in [-0.39, 0.29) is 12.5 Å². The zero-order chi connectivity index (χ0) is 14.0. The standard InChI is InChI=1S/C11H18N2O5/c1-13(10(15)4-5-11(16)17)8-9(14)12-6-3-7-18-2/h4-5H,3,6-8H2,1-2H3,(H,12,14)(H,16,17)/b5-4+. The van der Waals surface area contributed by atoms with Gasteiger partial charge in [0, 0.05) is 39.5 Å². The monoisotopic (exact) mass is 258 g/mol. The summed E-state index contributed by atoms with van der Waals surface area (Å²) in [6, 6.07) is 0. The number of carbonyl (C=O) groups is 3. The molecule has 0 saturated heterocycles. The highest BCUT2D eigenvalue weighted by Crippen LogP contribution is 1.88. The molecule has 0 fully saturated rings. The number of hydrogen-bond donors (Lipinski definition) is 2. The van der Waals surface area contributed by atoms with Crippen LogP contribution in [0.2, 0.25) is 0 Å². The lowest BCUT2D eigenvalue weighted by atomic mass is 10.4. The number of nitrogens with one attached hydrogen (secondary N) is 1. The minimum Gasteiger partial charge on any atom is -0.478 e. The fourth-order valence-electron chi connectivity index (χ4n) is 1.06. The Bertz CT molecular complexity index is 327. The number of aliphatic carboxylic acids is 1. The van der Waals surface area contributed by atoms with Gasteiger partial charge in [-0.2, -0.15) is 0 Å². The number of methoxy groups -OCH3 is 1. The zero-order valence-corrected chi connectivity index (χ0v) is 10.5. The minimum absolute atomic E-state index is 0.115. The predicted molar refractivity (Wildman–Crippen MR) is 63.9 cm³/mol. The fourth-order valence-corrected chi connectivity index (χ4v) is 1.06. The van der Waals surface area contributed by atoms with Crippen LogP contribution in [0, 0.1) is 0 Å². The van der Waals surface area contributed by atoms with Gasteiger partial charge >= 0.3 is 5.97 Å². The summed E-state index contributed by atoms with van der Waals surface area (Å²) in [4.78, 5) is 34.0. The van der Waals surface area contributed by atoms with Crippen molar-refractivity contribution in [2.75, 3.05) is 33.9 Å². The molecule has 0 aromatic heterocycles. The van der Waals surface area contributed by atoms with Crippen molar-refractivity contribution in [2.24, 2.45) is 0 Å². The molecule has 0 aliphatic heterocycles. The van der Waals surface area contributed by atoms with E-state index < -0.39 is 11.9 Å². The van der Waals surface area contributed by atoms with Gasteiger partial charge in [-0.3, -0.25) is 9.59 Å². The third-order valence-corrected chi connectivity index (χ3v) is 1.97. The average molecular weight is 258 g/mol. The molecule has 2 N–H and O–H groups in total. The van der Waals surface area contributed by atoms with E-state index in [1.165, 1.54) is 7.05 Å². The molecule has 0 heterocycles. The molecule has 0 rings (SSSR count). The maximum atomic E-state index is 11.4. The first kappa shape index (κ1) is 16.1. The van der Waals surface area contributed by atoms with Crippen molar-refractivity contribution in [1.29, 1.82) is 0 Å². The molecule has 0 atom stereocenters. The maximum absolute atomic E-state index is 11.4. The number of rotatable bonds is 8. The zero-order valence-electron chi connectivity index (χ0n) is 10.5. The molecule has 0 aromatic carbocycles. The lowest BCUT2D eigenvalue weighted by molar-refractivity contribution is -0.132. The van der Waals surface area contributed by atoms with Gasteiger partial charge in [0.1, 0.15) is 0 Å². The Kier molecular flexibility index (Phi) is 8.21. The van der Waals surface area contributed by atoms with Crippen LogP contribution in [-0.2, 0) is 19.1 Å². The summed E-state index contributed by atoms with van der Waals surface area (Å²) in [5, 5.41) is 11.0. The molecule has 0 saturated carbocycles. The summed E-state index contributed by atoms with van der Waals surface area (Å²) in [5.74, 6) is -2.05. The quantitative estimate of drug-likeness (QED) is 0.440. The van der Waals surface area contributed by atoms with Gasteiger partial charge in [-0.25, -0.2) is 4.79 Å². The van der Waals surface area contributed by atoms with Gasteiger partial charge in [-0.15, -0.1) is 0 Å². The second-order valence-corrected chi connectivity index (χ2v) is 3.56. The lowest BCUT2D eigenvalue weighted by Gasteiger charge is -2.14. The largest absolute Gasteiger partial charge is 0.478 e. The van der Waals surface area contributed by atoms with Crippen molar-refractivity contribution in [1.82, 2.24) is 10.2 Å². The molecule has 7 nitrogen and oxygen atoms in total. The molecule has 7 heteroatoms. The van der Waals surface area contributed by atoms with Crippen molar-refractivity contribution in [3.05, 3.63) is 12.2 Å². The topological polar surface area (TPSA) is 95.9 Å². The molecule has 0 radical (unpaired) electrons. The second-order valence-electron chi connectivity index (χ2n) is 3.56. The molecular weight excluding hydrogens is 240 g/mol. The SMILES string of the molecule is COCCCNC(=O)CN(C)C(=O)/C=C/C(=O)O. The van der Waals surface area contributed by atoms with E-state index in [1.54, 1.807) is 7.11 Å². The second kappa shape index (κ2) is 9.17.